The van der Waals surface area contributed by atoms with Crippen molar-refractivity contribution in [2.75, 3.05) is 18.5 Å². The Labute approximate surface area is 69.1 Å². The van der Waals surface area contributed by atoms with E-state index in [2.05, 4.69) is 15.9 Å². The van der Waals surface area contributed by atoms with Crippen molar-refractivity contribution in [2.24, 2.45) is 0 Å². The van der Waals surface area contributed by atoms with Gasteiger partial charge in [0.05, 0.1) is 0 Å². The molecule has 1 rings (SSSR count). The van der Waals surface area contributed by atoms with Gasteiger partial charge in [-0.15, -0.1) is 0 Å². The first kappa shape index (κ1) is 8.47. The largest absolute Gasteiger partial charge is 0.381 e. The Bertz CT molecular complexity index is 99.8. The molecule has 0 spiro atoms. The first-order chi connectivity index (χ1) is 4.77. The molecule has 1 aliphatic rings. The highest BCUT2D eigenvalue weighted by Gasteiger charge is 2.29. The molecule has 1 nitrogen and oxygen atoms in total. The lowest BCUT2D eigenvalue weighted by Crippen LogP contribution is -2.24. The van der Waals surface area contributed by atoms with Crippen LogP contribution >= 0.6 is 15.9 Å². The second-order valence-electron chi connectivity index (χ2n) is 2.75. The van der Waals surface area contributed by atoms with E-state index in [9.17, 15) is 4.39 Å². The smallest absolute Gasteiger partial charge is 0.123 e. The van der Waals surface area contributed by atoms with Gasteiger partial charge in [-0.3, -0.25) is 0 Å². The molecule has 60 valence electrons. The summed E-state index contributed by atoms with van der Waals surface area (Å²) in [5.74, 6) is 0. The van der Waals surface area contributed by atoms with Crippen molar-refractivity contribution in [3.05, 3.63) is 0 Å². The van der Waals surface area contributed by atoms with E-state index in [0.717, 1.165) is 13.0 Å². The summed E-state index contributed by atoms with van der Waals surface area (Å²) in [7, 11) is 0. The van der Waals surface area contributed by atoms with Crippen LogP contribution in [0.4, 0.5) is 4.39 Å². The monoisotopic (exact) mass is 210 g/mol. The van der Waals surface area contributed by atoms with Gasteiger partial charge < -0.3 is 4.74 Å². The second kappa shape index (κ2) is 3.67. The van der Waals surface area contributed by atoms with Crippen LogP contribution in [-0.4, -0.2) is 24.2 Å². The molecule has 1 unspecified atom stereocenters. The zero-order chi connectivity index (χ0) is 7.45. The van der Waals surface area contributed by atoms with Crippen LogP contribution in [-0.2, 0) is 4.74 Å². The average molecular weight is 211 g/mol. The summed E-state index contributed by atoms with van der Waals surface area (Å²) < 4.78 is 18.6. The molecule has 1 aliphatic heterocycles. The van der Waals surface area contributed by atoms with Crippen LogP contribution in [0.5, 0.6) is 0 Å². The maximum Gasteiger partial charge on any atom is 0.123 e. The summed E-state index contributed by atoms with van der Waals surface area (Å²) >= 11 is 3.17. The third-order valence-electron chi connectivity index (χ3n) is 1.85. The van der Waals surface area contributed by atoms with Gasteiger partial charge >= 0.3 is 0 Å². The first-order valence-electron chi connectivity index (χ1n) is 3.59. The van der Waals surface area contributed by atoms with Crippen LogP contribution in [0.2, 0.25) is 0 Å². The minimum atomic E-state index is -1.00. The number of ether oxygens (including phenoxy) is 1. The van der Waals surface area contributed by atoms with Gasteiger partial charge in [0.2, 0.25) is 0 Å². The van der Waals surface area contributed by atoms with Crippen LogP contribution in [0.3, 0.4) is 0 Å². The van der Waals surface area contributed by atoms with Gasteiger partial charge in [-0.05, 0) is 12.8 Å². The predicted molar refractivity (Wildman–Crippen MR) is 42.3 cm³/mol. The van der Waals surface area contributed by atoms with Crippen molar-refractivity contribution in [3.8, 4) is 0 Å². The molecule has 1 fully saturated rings. The Morgan fingerprint density at radius 1 is 1.40 bits per heavy atom. The van der Waals surface area contributed by atoms with Crippen molar-refractivity contribution in [1.82, 2.24) is 0 Å². The van der Waals surface area contributed by atoms with Crippen molar-refractivity contribution in [2.45, 2.75) is 24.9 Å². The van der Waals surface area contributed by atoms with Crippen LogP contribution in [0.15, 0.2) is 0 Å². The molecule has 1 atom stereocenters. The van der Waals surface area contributed by atoms with Gasteiger partial charge in [-0.1, -0.05) is 15.9 Å². The molecule has 0 aromatic rings. The van der Waals surface area contributed by atoms with Crippen LogP contribution < -0.4 is 0 Å². The van der Waals surface area contributed by atoms with E-state index in [1.165, 1.54) is 0 Å². The summed E-state index contributed by atoms with van der Waals surface area (Å²) in [4.78, 5) is 0. The highest BCUT2D eigenvalue weighted by atomic mass is 79.9. The van der Waals surface area contributed by atoms with Gasteiger partial charge in [0, 0.05) is 25.0 Å². The number of hydrogen-bond acceptors (Lipinski definition) is 1. The Kier molecular flexibility index (Phi) is 3.11. The molecule has 10 heavy (non-hydrogen) atoms. The summed E-state index contributed by atoms with van der Waals surface area (Å²) in [5.41, 5.74) is -1.00. The van der Waals surface area contributed by atoms with E-state index in [1.807, 2.05) is 0 Å². The Hall–Kier alpha value is 0.370. The van der Waals surface area contributed by atoms with Crippen LogP contribution in [0, 0.1) is 0 Å². The van der Waals surface area contributed by atoms with E-state index >= 15 is 0 Å². The average Bonchev–Trinajstić information content (AvgIpc) is 2.15. The lowest BCUT2D eigenvalue weighted by molar-refractivity contribution is 0.119. The minimum absolute atomic E-state index is 0.448. The maximum absolute atomic E-state index is 13.4. The van der Waals surface area contributed by atoms with Gasteiger partial charge in [-0.2, -0.15) is 0 Å². The second-order valence-corrected chi connectivity index (χ2v) is 3.31. The fourth-order valence-corrected chi connectivity index (χ4v) is 1.67. The molecule has 0 bridgehead atoms. The predicted octanol–water partition coefficient (Wildman–Crippen LogP) is 2.29. The lowest BCUT2D eigenvalue weighted by atomic mass is 10.00. The van der Waals surface area contributed by atoms with Crippen molar-refractivity contribution in [1.29, 1.82) is 0 Å². The normalized spacial score (nSPS) is 35.4. The summed E-state index contributed by atoms with van der Waals surface area (Å²) in [6, 6.07) is 0. The summed E-state index contributed by atoms with van der Waals surface area (Å²) in [6.07, 6.45) is 2.03. The van der Waals surface area contributed by atoms with Crippen LogP contribution in [0.25, 0.3) is 0 Å². The molecule has 0 radical (unpaired) electrons. The standard InChI is InChI=1S/C7H12BrFO/c8-6-7(9)2-1-4-10-5-3-7/h1-6H2. The molecule has 0 aromatic heterocycles. The molecule has 0 N–H and O–H groups in total. The summed E-state index contributed by atoms with van der Waals surface area (Å²) in [6.45, 7) is 1.29. The Balaban J connectivity index is 2.41. The number of alkyl halides is 2. The zero-order valence-corrected chi connectivity index (χ0v) is 7.49. The fourth-order valence-electron chi connectivity index (χ4n) is 1.11. The van der Waals surface area contributed by atoms with E-state index in [-0.39, 0.29) is 0 Å². The Morgan fingerprint density at radius 2 is 2.20 bits per heavy atom. The molecular formula is C7H12BrFO. The molecule has 1 saturated heterocycles. The molecule has 3 heteroatoms. The summed E-state index contributed by atoms with van der Waals surface area (Å²) in [5, 5.41) is 0.448. The lowest BCUT2D eigenvalue weighted by Gasteiger charge is -2.18. The van der Waals surface area contributed by atoms with E-state index in [4.69, 9.17) is 4.74 Å². The van der Waals surface area contributed by atoms with Gasteiger partial charge in [0.15, 0.2) is 0 Å². The third kappa shape index (κ3) is 2.20. The molecule has 0 aliphatic carbocycles. The Morgan fingerprint density at radius 3 is 2.90 bits per heavy atom. The highest BCUT2D eigenvalue weighted by molar-refractivity contribution is 9.09. The van der Waals surface area contributed by atoms with Gasteiger partial charge in [0.1, 0.15) is 5.67 Å². The number of halogens is 2. The molecule has 0 amide bonds. The fraction of sp³-hybridized carbons (Fsp3) is 1.00. The molecule has 0 aromatic carbocycles. The third-order valence-corrected chi connectivity index (χ3v) is 2.85. The van der Waals surface area contributed by atoms with Crippen LogP contribution in [0.1, 0.15) is 19.3 Å². The molecular weight excluding hydrogens is 199 g/mol. The quantitative estimate of drug-likeness (QED) is 0.604. The number of rotatable bonds is 1. The van der Waals surface area contributed by atoms with Crippen molar-refractivity contribution < 1.29 is 9.13 Å². The molecule has 1 heterocycles. The van der Waals surface area contributed by atoms with E-state index < -0.39 is 5.67 Å². The zero-order valence-electron chi connectivity index (χ0n) is 5.91. The van der Waals surface area contributed by atoms with Gasteiger partial charge in [-0.25, -0.2) is 4.39 Å². The maximum atomic E-state index is 13.4. The van der Waals surface area contributed by atoms with Crippen molar-refractivity contribution >= 4 is 15.9 Å². The first-order valence-corrected chi connectivity index (χ1v) is 4.72. The molecule has 0 saturated carbocycles. The minimum Gasteiger partial charge on any atom is -0.381 e. The van der Waals surface area contributed by atoms with Gasteiger partial charge in [0.25, 0.3) is 0 Å². The topological polar surface area (TPSA) is 9.23 Å². The SMILES string of the molecule is FC1(CBr)CCCOCC1. The van der Waals surface area contributed by atoms with Crippen molar-refractivity contribution in [3.63, 3.8) is 0 Å². The van der Waals surface area contributed by atoms with E-state index in [0.29, 0.717) is 24.8 Å². The highest BCUT2D eigenvalue weighted by Crippen LogP contribution is 2.27. The van der Waals surface area contributed by atoms with E-state index in [1.54, 1.807) is 0 Å². The number of hydrogen-bond donors (Lipinski definition) is 0.